The highest BCUT2D eigenvalue weighted by molar-refractivity contribution is 5.86. The Bertz CT molecular complexity index is 709. The van der Waals surface area contributed by atoms with Crippen molar-refractivity contribution in [3.63, 3.8) is 0 Å². The third kappa shape index (κ3) is 2.72. The van der Waals surface area contributed by atoms with E-state index in [0.717, 1.165) is 18.2 Å². The number of fused-ring (bicyclic) bond motifs is 1. The fourth-order valence-corrected chi connectivity index (χ4v) is 3.40. The first-order chi connectivity index (χ1) is 11.2. The maximum absolute atomic E-state index is 6.15. The standard InChI is InChI=1S/C15H22N6O2/c1-21-13-11(8-18-21)12(16)19-14(20-13)17-7-10-9-22-15(23-10)5-3-2-4-6-15/h8,10H,2-7,9H2,1H3,(H3,16,17,19,20). The molecule has 1 aliphatic heterocycles. The number of nitrogens with one attached hydrogen (secondary N) is 1. The molecule has 124 valence electrons. The zero-order chi connectivity index (χ0) is 15.9. The van der Waals surface area contributed by atoms with Crippen molar-refractivity contribution < 1.29 is 9.47 Å². The van der Waals surface area contributed by atoms with Gasteiger partial charge in [-0.2, -0.15) is 15.1 Å². The average molecular weight is 318 g/mol. The second-order valence-electron chi connectivity index (χ2n) is 6.34. The highest BCUT2D eigenvalue weighted by Gasteiger charge is 2.42. The van der Waals surface area contributed by atoms with Gasteiger partial charge in [-0.15, -0.1) is 0 Å². The van der Waals surface area contributed by atoms with Crippen molar-refractivity contribution in [3.05, 3.63) is 6.20 Å². The third-order valence-electron chi connectivity index (χ3n) is 4.64. The Hall–Kier alpha value is -1.93. The van der Waals surface area contributed by atoms with Crippen molar-refractivity contribution in [3.8, 4) is 0 Å². The van der Waals surface area contributed by atoms with Crippen LogP contribution in [-0.4, -0.2) is 44.8 Å². The van der Waals surface area contributed by atoms with Gasteiger partial charge in [-0.25, -0.2) is 0 Å². The molecule has 0 radical (unpaired) electrons. The fourth-order valence-electron chi connectivity index (χ4n) is 3.40. The molecule has 1 saturated heterocycles. The minimum atomic E-state index is -0.351. The van der Waals surface area contributed by atoms with Crippen molar-refractivity contribution in [2.24, 2.45) is 7.05 Å². The van der Waals surface area contributed by atoms with Gasteiger partial charge >= 0.3 is 0 Å². The molecule has 3 heterocycles. The van der Waals surface area contributed by atoms with Crippen LogP contribution in [-0.2, 0) is 16.5 Å². The summed E-state index contributed by atoms with van der Waals surface area (Å²) in [6.45, 7) is 1.21. The van der Waals surface area contributed by atoms with Crippen molar-refractivity contribution in [1.29, 1.82) is 0 Å². The summed E-state index contributed by atoms with van der Waals surface area (Å²) in [5.74, 6) is 0.570. The predicted octanol–water partition coefficient (Wildman–Crippen LogP) is 1.43. The van der Waals surface area contributed by atoms with Crippen molar-refractivity contribution >= 4 is 22.8 Å². The molecule has 8 nitrogen and oxygen atoms in total. The van der Waals surface area contributed by atoms with E-state index in [1.807, 2.05) is 7.05 Å². The number of hydrogen-bond donors (Lipinski definition) is 2. The highest BCUT2D eigenvalue weighted by Crippen LogP contribution is 2.37. The SMILES string of the molecule is Cn1ncc2c(N)nc(NCC3COC4(CCCCC4)O3)nc21. The van der Waals surface area contributed by atoms with Crippen LogP contribution in [0.4, 0.5) is 11.8 Å². The molecule has 1 atom stereocenters. The van der Waals surface area contributed by atoms with E-state index in [0.29, 0.717) is 30.6 Å². The van der Waals surface area contributed by atoms with E-state index in [9.17, 15) is 0 Å². The lowest BCUT2D eigenvalue weighted by atomic mass is 9.94. The van der Waals surface area contributed by atoms with Gasteiger partial charge in [0.25, 0.3) is 0 Å². The van der Waals surface area contributed by atoms with Crippen LogP contribution in [0.25, 0.3) is 11.0 Å². The summed E-state index contributed by atoms with van der Waals surface area (Å²) < 4.78 is 13.8. The van der Waals surface area contributed by atoms with E-state index < -0.39 is 0 Å². The molecule has 3 N–H and O–H groups in total. The first-order valence-corrected chi connectivity index (χ1v) is 8.16. The van der Waals surface area contributed by atoms with E-state index in [2.05, 4.69) is 20.4 Å². The summed E-state index contributed by atoms with van der Waals surface area (Å²) in [6, 6.07) is 0. The summed E-state index contributed by atoms with van der Waals surface area (Å²) in [5, 5.41) is 8.13. The lowest BCUT2D eigenvalue weighted by Crippen LogP contribution is -2.34. The monoisotopic (exact) mass is 318 g/mol. The maximum atomic E-state index is 6.15. The fraction of sp³-hybridized carbons (Fsp3) is 0.667. The number of anilines is 2. The maximum Gasteiger partial charge on any atom is 0.226 e. The topological polar surface area (TPSA) is 100 Å². The normalized spacial score (nSPS) is 23.6. The van der Waals surface area contributed by atoms with Crippen molar-refractivity contribution in [2.45, 2.75) is 44.0 Å². The Morgan fingerprint density at radius 3 is 3.00 bits per heavy atom. The second kappa shape index (κ2) is 5.61. The number of nitrogen functional groups attached to an aromatic ring is 1. The first-order valence-electron chi connectivity index (χ1n) is 8.16. The van der Waals surface area contributed by atoms with Crippen molar-refractivity contribution in [2.75, 3.05) is 24.2 Å². The number of rotatable bonds is 3. The van der Waals surface area contributed by atoms with Crippen LogP contribution in [0.2, 0.25) is 0 Å². The first kappa shape index (κ1) is 14.6. The predicted molar refractivity (Wildman–Crippen MR) is 85.8 cm³/mol. The Morgan fingerprint density at radius 2 is 2.17 bits per heavy atom. The Kier molecular flexibility index (Phi) is 3.57. The molecular formula is C15H22N6O2. The van der Waals surface area contributed by atoms with Gasteiger partial charge in [-0.1, -0.05) is 6.42 Å². The quantitative estimate of drug-likeness (QED) is 0.883. The zero-order valence-corrected chi connectivity index (χ0v) is 13.3. The molecule has 2 aliphatic rings. The largest absolute Gasteiger partial charge is 0.383 e. The highest BCUT2D eigenvalue weighted by atomic mass is 16.7. The van der Waals surface area contributed by atoms with Crippen LogP contribution in [0.15, 0.2) is 6.20 Å². The molecule has 8 heteroatoms. The van der Waals surface area contributed by atoms with Crippen LogP contribution in [0.3, 0.4) is 0 Å². The molecule has 1 unspecified atom stereocenters. The summed E-state index contributed by atoms with van der Waals surface area (Å²) in [4.78, 5) is 8.75. The second-order valence-corrected chi connectivity index (χ2v) is 6.34. The number of hydrogen-bond acceptors (Lipinski definition) is 7. The minimum absolute atomic E-state index is 0.0140. The Labute approximate surface area is 134 Å². The van der Waals surface area contributed by atoms with Crippen LogP contribution >= 0.6 is 0 Å². The smallest absolute Gasteiger partial charge is 0.226 e. The molecular weight excluding hydrogens is 296 g/mol. The van der Waals surface area contributed by atoms with E-state index in [-0.39, 0.29) is 11.9 Å². The van der Waals surface area contributed by atoms with Crippen LogP contribution in [0.1, 0.15) is 32.1 Å². The van der Waals surface area contributed by atoms with Gasteiger partial charge in [0.05, 0.1) is 18.2 Å². The zero-order valence-electron chi connectivity index (χ0n) is 13.3. The molecule has 2 aromatic rings. The summed E-state index contributed by atoms with van der Waals surface area (Å²) in [6.07, 6.45) is 7.31. The van der Waals surface area contributed by atoms with Gasteiger partial charge < -0.3 is 20.5 Å². The van der Waals surface area contributed by atoms with E-state index in [4.69, 9.17) is 15.2 Å². The summed E-state index contributed by atoms with van der Waals surface area (Å²) in [5.41, 5.74) is 6.68. The molecule has 1 spiro atoms. The molecule has 0 amide bonds. The summed E-state index contributed by atoms with van der Waals surface area (Å²) in [7, 11) is 1.83. The molecule has 1 saturated carbocycles. The Morgan fingerprint density at radius 1 is 1.35 bits per heavy atom. The van der Waals surface area contributed by atoms with Gasteiger partial charge in [0.2, 0.25) is 5.95 Å². The minimum Gasteiger partial charge on any atom is -0.383 e. The van der Waals surface area contributed by atoms with E-state index in [1.54, 1.807) is 10.9 Å². The van der Waals surface area contributed by atoms with Crippen LogP contribution in [0, 0.1) is 0 Å². The number of nitrogens with two attached hydrogens (primary N) is 1. The molecule has 0 aromatic carbocycles. The van der Waals surface area contributed by atoms with E-state index >= 15 is 0 Å². The van der Waals surface area contributed by atoms with Gasteiger partial charge in [0, 0.05) is 26.4 Å². The number of ether oxygens (including phenoxy) is 2. The van der Waals surface area contributed by atoms with Gasteiger partial charge in [0.15, 0.2) is 11.4 Å². The molecule has 23 heavy (non-hydrogen) atoms. The summed E-state index contributed by atoms with van der Waals surface area (Å²) >= 11 is 0. The van der Waals surface area contributed by atoms with E-state index in [1.165, 1.54) is 19.3 Å². The molecule has 4 rings (SSSR count). The third-order valence-corrected chi connectivity index (χ3v) is 4.64. The molecule has 2 aromatic heterocycles. The van der Waals surface area contributed by atoms with Crippen molar-refractivity contribution in [1.82, 2.24) is 19.7 Å². The number of nitrogens with zero attached hydrogens (tertiary/aromatic N) is 4. The van der Waals surface area contributed by atoms with Gasteiger partial charge in [-0.05, 0) is 12.8 Å². The molecule has 1 aliphatic carbocycles. The number of aryl methyl sites for hydroxylation is 1. The average Bonchev–Trinajstić information content (AvgIpc) is 3.11. The lowest BCUT2D eigenvalue weighted by Gasteiger charge is -2.31. The van der Waals surface area contributed by atoms with Crippen LogP contribution < -0.4 is 11.1 Å². The van der Waals surface area contributed by atoms with Gasteiger partial charge in [0.1, 0.15) is 11.9 Å². The lowest BCUT2D eigenvalue weighted by molar-refractivity contribution is -0.185. The molecule has 2 fully saturated rings. The van der Waals surface area contributed by atoms with Gasteiger partial charge in [-0.3, -0.25) is 4.68 Å². The van der Waals surface area contributed by atoms with Crippen LogP contribution in [0.5, 0.6) is 0 Å². The molecule has 0 bridgehead atoms. The Balaban J connectivity index is 1.42. The number of aromatic nitrogens is 4.